The SMILES string of the molecule is CNS(=O)(=O)Cc1cccc(Nc2ncnc(N(C)c3ccc(NCc4ccccc4)c(C=N)c3)n2)c1. The van der Waals surface area contributed by atoms with E-state index in [1.54, 1.807) is 29.2 Å². The van der Waals surface area contributed by atoms with Crippen LogP contribution in [0.1, 0.15) is 16.7 Å². The van der Waals surface area contributed by atoms with E-state index in [4.69, 9.17) is 5.41 Å². The highest BCUT2D eigenvalue weighted by Gasteiger charge is 2.13. The second kappa shape index (κ2) is 11.6. The molecule has 190 valence electrons. The van der Waals surface area contributed by atoms with Gasteiger partial charge in [-0.25, -0.2) is 23.1 Å². The first kappa shape index (κ1) is 25.7. The highest BCUT2D eigenvalue weighted by atomic mass is 32.2. The van der Waals surface area contributed by atoms with Gasteiger partial charge in [0.2, 0.25) is 21.9 Å². The quantitative estimate of drug-likeness (QED) is 0.219. The molecule has 0 aliphatic heterocycles. The smallest absolute Gasteiger partial charge is 0.234 e. The molecule has 0 radical (unpaired) electrons. The average molecular weight is 517 g/mol. The van der Waals surface area contributed by atoms with Gasteiger partial charge in [-0.3, -0.25) is 0 Å². The van der Waals surface area contributed by atoms with Crippen LogP contribution in [-0.2, 0) is 22.3 Å². The van der Waals surface area contributed by atoms with E-state index < -0.39 is 10.0 Å². The van der Waals surface area contributed by atoms with Gasteiger partial charge in [0.1, 0.15) is 6.33 Å². The molecule has 10 nitrogen and oxygen atoms in total. The van der Waals surface area contributed by atoms with Crippen LogP contribution in [0.5, 0.6) is 0 Å². The van der Waals surface area contributed by atoms with E-state index in [9.17, 15) is 8.42 Å². The van der Waals surface area contributed by atoms with E-state index >= 15 is 0 Å². The van der Waals surface area contributed by atoms with E-state index in [1.807, 2.05) is 55.6 Å². The predicted molar refractivity (Wildman–Crippen MR) is 147 cm³/mol. The van der Waals surface area contributed by atoms with E-state index in [2.05, 4.69) is 30.3 Å². The summed E-state index contributed by atoms with van der Waals surface area (Å²) in [4.78, 5) is 14.8. The Bertz CT molecular complexity index is 1480. The molecule has 37 heavy (non-hydrogen) atoms. The van der Waals surface area contributed by atoms with E-state index in [-0.39, 0.29) is 5.75 Å². The molecule has 4 rings (SSSR count). The molecule has 1 aromatic heterocycles. The summed E-state index contributed by atoms with van der Waals surface area (Å²) in [5.74, 6) is 0.599. The first-order valence-electron chi connectivity index (χ1n) is 11.5. The maximum Gasteiger partial charge on any atom is 0.234 e. The molecule has 4 aromatic rings. The maximum atomic E-state index is 11.9. The fourth-order valence-corrected chi connectivity index (χ4v) is 4.38. The third-order valence-electron chi connectivity index (χ3n) is 5.61. The summed E-state index contributed by atoms with van der Waals surface area (Å²) in [5, 5.41) is 14.4. The Kier molecular flexibility index (Phi) is 8.06. The minimum absolute atomic E-state index is 0.129. The summed E-state index contributed by atoms with van der Waals surface area (Å²) in [6.45, 7) is 0.654. The highest BCUT2D eigenvalue weighted by molar-refractivity contribution is 7.88. The van der Waals surface area contributed by atoms with Crippen LogP contribution in [0.2, 0.25) is 0 Å². The number of benzene rings is 3. The number of aromatic nitrogens is 3. The van der Waals surface area contributed by atoms with Crippen LogP contribution in [0.4, 0.5) is 29.0 Å². The number of rotatable bonds is 11. The van der Waals surface area contributed by atoms with Crippen molar-refractivity contribution in [2.45, 2.75) is 12.3 Å². The zero-order chi connectivity index (χ0) is 26.3. The molecule has 0 fully saturated rings. The van der Waals surface area contributed by atoms with Gasteiger partial charge in [0, 0.05) is 42.4 Å². The van der Waals surface area contributed by atoms with Gasteiger partial charge >= 0.3 is 0 Å². The van der Waals surface area contributed by atoms with Crippen molar-refractivity contribution in [2.24, 2.45) is 0 Å². The molecule has 3 aromatic carbocycles. The van der Waals surface area contributed by atoms with Crippen LogP contribution in [0.25, 0.3) is 0 Å². The lowest BCUT2D eigenvalue weighted by Gasteiger charge is -2.19. The van der Waals surface area contributed by atoms with Gasteiger partial charge in [-0.15, -0.1) is 0 Å². The lowest BCUT2D eigenvalue weighted by molar-refractivity contribution is 0.587. The minimum atomic E-state index is -3.38. The lowest BCUT2D eigenvalue weighted by atomic mass is 10.1. The molecule has 4 N–H and O–H groups in total. The highest BCUT2D eigenvalue weighted by Crippen LogP contribution is 2.26. The molecule has 0 saturated heterocycles. The van der Waals surface area contributed by atoms with Crippen LogP contribution >= 0.6 is 0 Å². The number of nitrogens with zero attached hydrogens (tertiary/aromatic N) is 4. The van der Waals surface area contributed by atoms with Crippen molar-refractivity contribution < 1.29 is 8.42 Å². The van der Waals surface area contributed by atoms with Crippen molar-refractivity contribution in [3.8, 4) is 0 Å². The lowest BCUT2D eigenvalue weighted by Crippen LogP contribution is -2.20. The van der Waals surface area contributed by atoms with Crippen molar-refractivity contribution in [1.29, 1.82) is 5.41 Å². The molecule has 0 bridgehead atoms. The Balaban J connectivity index is 1.49. The molecule has 0 unspecified atom stereocenters. The number of hydrogen-bond acceptors (Lipinski definition) is 9. The zero-order valence-corrected chi connectivity index (χ0v) is 21.3. The molecule has 1 heterocycles. The molecular weight excluding hydrogens is 488 g/mol. The average Bonchev–Trinajstić information content (AvgIpc) is 2.92. The molecule has 0 amide bonds. The number of hydrogen-bond donors (Lipinski definition) is 4. The van der Waals surface area contributed by atoms with Crippen LogP contribution in [0.3, 0.4) is 0 Å². The second-order valence-corrected chi connectivity index (χ2v) is 10.1. The van der Waals surface area contributed by atoms with Crippen LogP contribution in [0.15, 0.2) is 79.1 Å². The normalized spacial score (nSPS) is 11.1. The van der Waals surface area contributed by atoms with Crippen LogP contribution < -0.4 is 20.3 Å². The Hall–Kier alpha value is -4.35. The Morgan fingerprint density at radius 1 is 0.973 bits per heavy atom. The largest absolute Gasteiger partial charge is 0.380 e. The van der Waals surface area contributed by atoms with Gasteiger partial charge in [-0.2, -0.15) is 4.98 Å². The molecule has 11 heteroatoms. The number of anilines is 5. The van der Waals surface area contributed by atoms with E-state index in [0.29, 0.717) is 29.7 Å². The topological polar surface area (TPSA) is 136 Å². The monoisotopic (exact) mass is 516 g/mol. The van der Waals surface area contributed by atoms with Gasteiger partial charge < -0.3 is 20.9 Å². The molecule has 0 aliphatic carbocycles. The van der Waals surface area contributed by atoms with Gasteiger partial charge in [0.15, 0.2) is 0 Å². The maximum absolute atomic E-state index is 11.9. The zero-order valence-electron chi connectivity index (χ0n) is 20.5. The van der Waals surface area contributed by atoms with Gasteiger partial charge in [-0.1, -0.05) is 42.5 Å². The standard InChI is InChI=1S/C26H28N8O2S/c1-28-37(35,36)17-20-9-6-10-22(13-20)32-25-30-18-31-26(33-25)34(2)23-11-12-24(21(14-23)15-27)29-16-19-7-4-3-5-8-19/h3-15,18,27-29H,16-17H2,1-2H3,(H,30,31,32,33). The van der Waals surface area contributed by atoms with Crippen LogP contribution in [-0.4, -0.2) is 43.7 Å². The fraction of sp³-hybridized carbons (Fsp3) is 0.154. The second-order valence-electron chi connectivity index (χ2n) is 8.21. The summed E-state index contributed by atoms with van der Waals surface area (Å²) >= 11 is 0. The van der Waals surface area contributed by atoms with Gasteiger partial charge in [0.25, 0.3) is 0 Å². The Morgan fingerprint density at radius 2 is 1.76 bits per heavy atom. The summed E-state index contributed by atoms with van der Waals surface area (Å²) in [6, 6.07) is 22.9. The summed E-state index contributed by atoms with van der Waals surface area (Å²) in [5.41, 5.74) is 4.84. The summed E-state index contributed by atoms with van der Waals surface area (Å²) < 4.78 is 26.1. The third-order valence-corrected chi connectivity index (χ3v) is 6.95. The molecule has 0 saturated carbocycles. The molecular formula is C26H28N8O2S. The van der Waals surface area contributed by atoms with Gasteiger partial charge in [0.05, 0.1) is 5.75 Å². The number of nitrogens with one attached hydrogen (secondary N) is 4. The molecule has 0 aliphatic rings. The predicted octanol–water partition coefficient (Wildman–Crippen LogP) is 4.04. The van der Waals surface area contributed by atoms with E-state index in [1.165, 1.54) is 19.6 Å². The van der Waals surface area contributed by atoms with Crippen molar-refractivity contribution in [1.82, 2.24) is 19.7 Å². The van der Waals surface area contributed by atoms with Crippen LogP contribution in [0, 0.1) is 5.41 Å². The first-order chi connectivity index (χ1) is 17.9. The van der Waals surface area contributed by atoms with Crippen molar-refractivity contribution in [3.05, 3.63) is 95.8 Å². The summed E-state index contributed by atoms with van der Waals surface area (Å²) in [6.07, 6.45) is 2.72. The van der Waals surface area contributed by atoms with Crippen molar-refractivity contribution in [3.63, 3.8) is 0 Å². The molecule has 0 spiro atoms. The third kappa shape index (κ3) is 6.87. The van der Waals surface area contributed by atoms with Crippen molar-refractivity contribution in [2.75, 3.05) is 29.6 Å². The van der Waals surface area contributed by atoms with E-state index in [0.717, 1.165) is 22.5 Å². The van der Waals surface area contributed by atoms with Crippen molar-refractivity contribution >= 4 is 45.2 Å². The fourth-order valence-electron chi connectivity index (χ4n) is 3.62. The molecule has 0 atom stereocenters. The number of sulfonamides is 1. The summed E-state index contributed by atoms with van der Waals surface area (Å²) in [7, 11) is -0.159. The Morgan fingerprint density at radius 3 is 2.51 bits per heavy atom. The van der Waals surface area contributed by atoms with Gasteiger partial charge in [-0.05, 0) is 48.5 Å². The first-order valence-corrected chi connectivity index (χ1v) is 13.1. The minimum Gasteiger partial charge on any atom is -0.380 e. The Labute approximate surface area is 216 Å².